The second-order valence-electron chi connectivity index (χ2n) is 5.13. The Morgan fingerprint density at radius 3 is 2.74 bits per heavy atom. The lowest BCUT2D eigenvalue weighted by Crippen LogP contribution is -2.31. The van der Waals surface area contributed by atoms with Gasteiger partial charge in [0.05, 0.1) is 16.1 Å². The van der Waals surface area contributed by atoms with Crippen LogP contribution in [0, 0.1) is 5.82 Å². The summed E-state index contributed by atoms with van der Waals surface area (Å²) >= 11 is 5.78. The Morgan fingerprint density at radius 2 is 2.05 bits per heavy atom. The predicted octanol–water partition coefficient (Wildman–Crippen LogP) is 2.68. The number of anilines is 1. The van der Waals surface area contributed by atoms with Crippen molar-refractivity contribution in [2.75, 3.05) is 25.9 Å². The Labute approximate surface area is 116 Å². The van der Waals surface area contributed by atoms with E-state index in [2.05, 4.69) is 16.9 Å². The summed E-state index contributed by atoms with van der Waals surface area (Å²) in [5.74, 6) is 0.00876. The van der Waals surface area contributed by atoms with Crippen LogP contribution < -0.4 is 5.73 Å². The maximum absolute atomic E-state index is 13.6. The molecule has 1 aromatic heterocycles. The Morgan fingerprint density at radius 1 is 1.37 bits per heavy atom. The lowest BCUT2D eigenvalue weighted by molar-refractivity contribution is 0.225. The molecule has 0 radical (unpaired) electrons. The predicted molar refractivity (Wildman–Crippen MR) is 74.9 cm³/mol. The molecule has 1 saturated heterocycles. The number of aromatic nitrogens is 2. The number of hydrogen-bond donors (Lipinski definition) is 1. The normalized spacial score (nSPS) is 18.3. The second kappa shape index (κ2) is 4.65. The van der Waals surface area contributed by atoms with Gasteiger partial charge in [0.1, 0.15) is 5.82 Å². The van der Waals surface area contributed by atoms with Crippen molar-refractivity contribution in [3.63, 3.8) is 0 Å². The number of rotatable bonds is 1. The highest BCUT2D eigenvalue weighted by Gasteiger charge is 2.22. The molecule has 6 heteroatoms. The van der Waals surface area contributed by atoms with Gasteiger partial charge in [0.25, 0.3) is 0 Å². The quantitative estimate of drug-likeness (QED) is 0.875. The third-order valence-corrected chi connectivity index (χ3v) is 4.10. The lowest BCUT2D eigenvalue weighted by atomic mass is 10.1. The van der Waals surface area contributed by atoms with E-state index in [9.17, 15) is 4.39 Å². The smallest absolute Gasteiger partial charge is 0.201 e. The van der Waals surface area contributed by atoms with E-state index in [0.29, 0.717) is 11.5 Å². The number of nitrogen functional groups attached to an aromatic ring is 1. The number of imidazole rings is 1. The molecule has 0 saturated carbocycles. The Kier molecular flexibility index (Phi) is 3.11. The number of hydrogen-bond acceptors (Lipinski definition) is 3. The zero-order valence-corrected chi connectivity index (χ0v) is 11.5. The van der Waals surface area contributed by atoms with Crippen LogP contribution >= 0.6 is 11.6 Å². The monoisotopic (exact) mass is 282 g/mol. The average Bonchev–Trinajstić information content (AvgIpc) is 2.67. The number of fused-ring (bicyclic) bond motifs is 1. The summed E-state index contributed by atoms with van der Waals surface area (Å²) in [6, 6.07) is 3.25. The second-order valence-corrected chi connectivity index (χ2v) is 5.54. The molecule has 0 bridgehead atoms. The van der Waals surface area contributed by atoms with E-state index in [-0.39, 0.29) is 11.1 Å². The zero-order chi connectivity index (χ0) is 13.6. The van der Waals surface area contributed by atoms with E-state index in [1.807, 2.05) is 4.57 Å². The van der Waals surface area contributed by atoms with Gasteiger partial charge in [-0.1, -0.05) is 11.6 Å². The van der Waals surface area contributed by atoms with Crippen molar-refractivity contribution in [3.8, 4) is 0 Å². The minimum Gasteiger partial charge on any atom is -0.369 e. The first-order chi connectivity index (χ1) is 9.06. The molecule has 4 nitrogen and oxygen atoms in total. The van der Waals surface area contributed by atoms with Gasteiger partial charge in [-0.25, -0.2) is 9.37 Å². The number of nitrogens with zero attached hydrogens (tertiary/aromatic N) is 3. The van der Waals surface area contributed by atoms with Crippen molar-refractivity contribution in [2.24, 2.45) is 0 Å². The van der Waals surface area contributed by atoms with Crippen LogP contribution in [0.5, 0.6) is 0 Å². The summed E-state index contributed by atoms with van der Waals surface area (Å²) in [6.45, 7) is 2.03. The number of likely N-dealkylation sites (tertiary alicyclic amines) is 1. The molecule has 102 valence electrons. The number of benzene rings is 1. The van der Waals surface area contributed by atoms with E-state index >= 15 is 0 Å². The maximum Gasteiger partial charge on any atom is 0.201 e. The van der Waals surface area contributed by atoms with Gasteiger partial charge in [0.2, 0.25) is 5.95 Å². The molecule has 3 rings (SSSR count). The van der Waals surface area contributed by atoms with Crippen LogP contribution in [0.15, 0.2) is 12.1 Å². The fraction of sp³-hybridized carbons (Fsp3) is 0.462. The third-order valence-electron chi connectivity index (χ3n) is 3.81. The largest absolute Gasteiger partial charge is 0.369 e. The van der Waals surface area contributed by atoms with Gasteiger partial charge >= 0.3 is 0 Å². The Bertz CT molecular complexity index is 617. The molecule has 0 amide bonds. The topological polar surface area (TPSA) is 47.1 Å². The van der Waals surface area contributed by atoms with Crippen molar-refractivity contribution < 1.29 is 4.39 Å². The van der Waals surface area contributed by atoms with Gasteiger partial charge < -0.3 is 15.2 Å². The van der Waals surface area contributed by atoms with Crippen molar-refractivity contribution in [3.05, 3.63) is 23.0 Å². The minimum atomic E-state index is -0.428. The summed E-state index contributed by atoms with van der Waals surface area (Å²) in [5, 5.41) is 0.0838. The van der Waals surface area contributed by atoms with Gasteiger partial charge in [0, 0.05) is 12.1 Å². The van der Waals surface area contributed by atoms with Crippen molar-refractivity contribution in [2.45, 2.75) is 18.9 Å². The van der Waals surface area contributed by atoms with Crippen LogP contribution in [0.2, 0.25) is 5.02 Å². The van der Waals surface area contributed by atoms with Crippen molar-refractivity contribution in [1.82, 2.24) is 14.5 Å². The van der Waals surface area contributed by atoms with Gasteiger partial charge in [-0.05, 0) is 39.0 Å². The average molecular weight is 283 g/mol. The van der Waals surface area contributed by atoms with Gasteiger partial charge in [-0.15, -0.1) is 0 Å². The molecule has 19 heavy (non-hydrogen) atoms. The highest BCUT2D eigenvalue weighted by atomic mass is 35.5. The summed E-state index contributed by atoms with van der Waals surface area (Å²) < 4.78 is 15.6. The summed E-state index contributed by atoms with van der Waals surface area (Å²) in [6.07, 6.45) is 1.99. The van der Waals surface area contributed by atoms with Gasteiger partial charge in [-0.2, -0.15) is 0 Å². The fourth-order valence-electron chi connectivity index (χ4n) is 2.75. The molecule has 1 aromatic carbocycles. The first-order valence-electron chi connectivity index (χ1n) is 6.37. The van der Waals surface area contributed by atoms with E-state index in [1.54, 1.807) is 0 Å². The summed E-state index contributed by atoms with van der Waals surface area (Å²) in [5.41, 5.74) is 7.38. The van der Waals surface area contributed by atoms with Gasteiger partial charge in [0.15, 0.2) is 0 Å². The first kappa shape index (κ1) is 12.7. The molecular formula is C13H16ClFN4. The van der Waals surface area contributed by atoms with Crippen LogP contribution in [0.1, 0.15) is 18.9 Å². The van der Waals surface area contributed by atoms with Crippen LogP contribution in [0.4, 0.5) is 10.3 Å². The summed E-state index contributed by atoms with van der Waals surface area (Å²) in [4.78, 5) is 6.57. The highest BCUT2D eigenvalue weighted by molar-refractivity contribution is 6.31. The molecule has 0 atom stereocenters. The van der Waals surface area contributed by atoms with Crippen LogP contribution in [-0.4, -0.2) is 34.6 Å². The molecular weight excluding hydrogens is 267 g/mol. The fourth-order valence-corrected chi connectivity index (χ4v) is 2.90. The van der Waals surface area contributed by atoms with E-state index in [4.69, 9.17) is 17.3 Å². The minimum absolute atomic E-state index is 0.0838. The molecule has 1 aliphatic heterocycles. The summed E-state index contributed by atoms with van der Waals surface area (Å²) in [7, 11) is 2.10. The highest BCUT2D eigenvalue weighted by Crippen LogP contribution is 2.31. The number of halogens is 2. The first-order valence-corrected chi connectivity index (χ1v) is 6.75. The number of nitrogens with two attached hydrogens (primary N) is 1. The molecule has 2 heterocycles. The molecule has 0 aliphatic carbocycles. The SMILES string of the molecule is CN1CCC(n2c(N)nc3cc(Cl)c(F)cc32)CC1. The maximum atomic E-state index is 13.6. The lowest BCUT2D eigenvalue weighted by Gasteiger charge is -2.30. The molecule has 1 fully saturated rings. The molecule has 0 unspecified atom stereocenters. The third kappa shape index (κ3) is 2.17. The standard InChI is InChI=1S/C13H16ClFN4/c1-18-4-2-8(3-5-18)19-12-7-10(15)9(14)6-11(12)17-13(19)16/h6-8H,2-5H2,1H3,(H2,16,17). The van der Waals surface area contributed by atoms with Gasteiger partial charge in [-0.3, -0.25) is 0 Å². The van der Waals surface area contributed by atoms with Crippen molar-refractivity contribution in [1.29, 1.82) is 0 Å². The van der Waals surface area contributed by atoms with E-state index < -0.39 is 5.82 Å². The van der Waals surface area contributed by atoms with Crippen LogP contribution in [0.25, 0.3) is 11.0 Å². The zero-order valence-electron chi connectivity index (χ0n) is 10.7. The van der Waals surface area contributed by atoms with E-state index in [0.717, 1.165) is 31.4 Å². The Balaban J connectivity index is 2.07. The molecule has 2 N–H and O–H groups in total. The molecule has 2 aromatic rings. The van der Waals surface area contributed by atoms with Crippen molar-refractivity contribution >= 4 is 28.6 Å². The Hall–Kier alpha value is -1.33. The number of piperidine rings is 1. The molecule has 0 spiro atoms. The van der Waals surface area contributed by atoms with E-state index in [1.165, 1.54) is 12.1 Å². The van der Waals surface area contributed by atoms with Crippen LogP contribution in [-0.2, 0) is 0 Å². The van der Waals surface area contributed by atoms with Crippen LogP contribution in [0.3, 0.4) is 0 Å². The molecule has 1 aliphatic rings.